The fourth-order valence-corrected chi connectivity index (χ4v) is 3.03. The predicted molar refractivity (Wildman–Crippen MR) is 56.3 cm³/mol. The summed E-state index contributed by atoms with van der Waals surface area (Å²) in [5.74, 6) is 0. The van der Waals surface area contributed by atoms with Gasteiger partial charge in [-0.2, -0.15) is 13.2 Å². The van der Waals surface area contributed by atoms with Gasteiger partial charge in [-0.15, -0.1) is 0 Å². The molecule has 0 aliphatic carbocycles. The van der Waals surface area contributed by atoms with Gasteiger partial charge >= 0.3 is 6.18 Å². The Bertz CT molecular complexity index is 228. The molecule has 2 rings (SSSR count). The van der Waals surface area contributed by atoms with Crippen molar-refractivity contribution in [2.45, 2.75) is 43.9 Å². The Kier molecular flexibility index (Phi) is 3.45. The number of hydrogen-bond donors (Lipinski definition) is 0. The highest BCUT2D eigenvalue weighted by molar-refractivity contribution is 4.94. The highest BCUT2D eigenvalue weighted by Crippen LogP contribution is 2.30. The summed E-state index contributed by atoms with van der Waals surface area (Å²) >= 11 is 0. The summed E-state index contributed by atoms with van der Waals surface area (Å²) in [6, 6.07) is 0.994. The molecule has 2 nitrogen and oxygen atoms in total. The first-order valence-corrected chi connectivity index (χ1v) is 5.97. The Morgan fingerprint density at radius 2 is 1.69 bits per heavy atom. The van der Waals surface area contributed by atoms with Gasteiger partial charge in [-0.05, 0) is 32.9 Å². The Morgan fingerprint density at radius 1 is 1.12 bits per heavy atom. The topological polar surface area (TPSA) is 6.48 Å². The number of fused-ring (bicyclic) bond motifs is 2. The van der Waals surface area contributed by atoms with E-state index in [4.69, 9.17) is 0 Å². The molecule has 2 atom stereocenters. The van der Waals surface area contributed by atoms with E-state index in [0.29, 0.717) is 18.6 Å². The third-order valence-corrected chi connectivity index (χ3v) is 3.69. The first-order valence-electron chi connectivity index (χ1n) is 5.97. The first kappa shape index (κ1) is 12.2. The van der Waals surface area contributed by atoms with Crippen molar-refractivity contribution in [1.82, 2.24) is 9.80 Å². The van der Waals surface area contributed by atoms with E-state index in [1.165, 1.54) is 0 Å². The Balaban J connectivity index is 1.79. The van der Waals surface area contributed by atoms with Crippen LogP contribution < -0.4 is 0 Å². The van der Waals surface area contributed by atoms with E-state index < -0.39 is 12.6 Å². The van der Waals surface area contributed by atoms with Gasteiger partial charge in [-0.25, -0.2) is 0 Å². The molecule has 0 N–H and O–H groups in total. The fraction of sp³-hybridized carbons (Fsp3) is 1.00. The van der Waals surface area contributed by atoms with E-state index in [1.807, 2.05) is 0 Å². The average molecular weight is 236 g/mol. The van der Waals surface area contributed by atoms with Crippen LogP contribution in [-0.2, 0) is 0 Å². The van der Waals surface area contributed by atoms with Gasteiger partial charge < -0.3 is 4.90 Å². The summed E-state index contributed by atoms with van der Waals surface area (Å²) in [6.45, 7) is 2.65. The van der Waals surface area contributed by atoms with Crippen LogP contribution in [0.15, 0.2) is 0 Å². The van der Waals surface area contributed by atoms with Crippen molar-refractivity contribution < 1.29 is 13.2 Å². The smallest absolute Gasteiger partial charge is 0.303 e. The van der Waals surface area contributed by atoms with Gasteiger partial charge in [0.05, 0.1) is 0 Å². The van der Waals surface area contributed by atoms with Crippen LogP contribution in [0, 0.1) is 0 Å². The number of piperazine rings is 1. The second-order valence-electron chi connectivity index (χ2n) is 5.06. The lowest BCUT2D eigenvalue weighted by atomic mass is 10.1. The predicted octanol–water partition coefficient (Wildman–Crippen LogP) is 2.11. The molecule has 2 unspecified atom stereocenters. The van der Waals surface area contributed by atoms with E-state index in [2.05, 4.69) is 16.8 Å². The van der Waals surface area contributed by atoms with Gasteiger partial charge in [-0.1, -0.05) is 0 Å². The average Bonchev–Trinajstić information content (AvgIpc) is 2.41. The molecule has 0 amide bonds. The molecule has 0 aromatic heterocycles. The molecular weight excluding hydrogens is 217 g/mol. The lowest BCUT2D eigenvalue weighted by Crippen LogP contribution is -2.52. The van der Waals surface area contributed by atoms with Crippen LogP contribution in [0.3, 0.4) is 0 Å². The third kappa shape index (κ3) is 2.88. The van der Waals surface area contributed by atoms with Crippen molar-refractivity contribution >= 4 is 0 Å². The van der Waals surface area contributed by atoms with Crippen LogP contribution >= 0.6 is 0 Å². The monoisotopic (exact) mass is 236 g/mol. The number of hydrogen-bond acceptors (Lipinski definition) is 2. The molecule has 0 aromatic rings. The van der Waals surface area contributed by atoms with Crippen molar-refractivity contribution in [1.29, 1.82) is 0 Å². The summed E-state index contributed by atoms with van der Waals surface area (Å²) in [7, 11) is 2.10. The van der Waals surface area contributed by atoms with Crippen LogP contribution in [0.25, 0.3) is 0 Å². The number of rotatable bonds is 3. The SMILES string of the molecule is CN1CC2CCC(C1)N2CCCC(F)(F)F. The fourth-order valence-electron chi connectivity index (χ4n) is 3.03. The molecule has 2 saturated heterocycles. The molecule has 5 heteroatoms. The normalized spacial score (nSPS) is 32.2. The molecule has 0 saturated carbocycles. The zero-order chi connectivity index (χ0) is 11.8. The Labute approximate surface area is 94.4 Å². The third-order valence-electron chi connectivity index (χ3n) is 3.69. The molecule has 94 valence electrons. The minimum Gasteiger partial charge on any atom is -0.303 e. The van der Waals surface area contributed by atoms with Gasteiger partial charge in [-0.3, -0.25) is 4.90 Å². The zero-order valence-corrected chi connectivity index (χ0v) is 9.63. The van der Waals surface area contributed by atoms with Crippen LogP contribution in [-0.4, -0.2) is 54.7 Å². The number of nitrogens with zero attached hydrogens (tertiary/aromatic N) is 2. The number of likely N-dealkylation sites (tertiary alicyclic amines) is 1. The van der Waals surface area contributed by atoms with Gasteiger partial charge in [0.1, 0.15) is 0 Å². The molecule has 0 radical (unpaired) electrons. The van der Waals surface area contributed by atoms with E-state index >= 15 is 0 Å². The Hall–Kier alpha value is -0.290. The van der Waals surface area contributed by atoms with Gasteiger partial charge in [0.15, 0.2) is 0 Å². The van der Waals surface area contributed by atoms with Crippen LogP contribution in [0.5, 0.6) is 0 Å². The lowest BCUT2D eigenvalue weighted by Gasteiger charge is -2.39. The summed E-state index contributed by atoms with van der Waals surface area (Å²) in [4.78, 5) is 4.59. The minimum atomic E-state index is -3.99. The van der Waals surface area contributed by atoms with Crippen LogP contribution in [0.2, 0.25) is 0 Å². The van der Waals surface area contributed by atoms with E-state index in [9.17, 15) is 13.2 Å². The standard InChI is InChI=1S/C11H19F3N2/c1-15-7-9-3-4-10(8-15)16(9)6-2-5-11(12,13)14/h9-10H,2-8H2,1H3. The Morgan fingerprint density at radius 3 is 2.19 bits per heavy atom. The highest BCUT2D eigenvalue weighted by Gasteiger charge is 2.38. The highest BCUT2D eigenvalue weighted by atomic mass is 19.4. The second kappa shape index (κ2) is 4.53. The van der Waals surface area contributed by atoms with Gasteiger partial charge in [0.25, 0.3) is 0 Å². The van der Waals surface area contributed by atoms with Crippen molar-refractivity contribution in [3.63, 3.8) is 0 Å². The largest absolute Gasteiger partial charge is 0.389 e. The molecule has 0 spiro atoms. The molecule has 2 heterocycles. The lowest BCUT2D eigenvalue weighted by molar-refractivity contribution is -0.136. The maximum Gasteiger partial charge on any atom is 0.389 e. The summed E-state index contributed by atoms with van der Waals surface area (Å²) in [6.07, 6.45) is -2.08. The summed E-state index contributed by atoms with van der Waals surface area (Å²) in [5, 5.41) is 0. The van der Waals surface area contributed by atoms with Gasteiger partial charge in [0, 0.05) is 31.6 Å². The maximum atomic E-state index is 12.1. The second-order valence-corrected chi connectivity index (χ2v) is 5.06. The molecule has 2 fully saturated rings. The van der Waals surface area contributed by atoms with Crippen LogP contribution in [0.1, 0.15) is 25.7 Å². The first-order chi connectivity index (χ1) is 7.46. The van der Waals surface area contributed by atoms with Crippen molar-refractivity contribution in [2.24, 2.45) is 0 Å². The molecule has 2 aliphatic rings. The number of likely N-dealkylation sites (N-methyl/N-ethyl adjacent to an activating group) is 1. The molecule has 2 bridgehead atoms. The molecule has 0 aromatic carbocycles. The van der Waals surface area contributed by atoms with Gasteiger partial charge in [0.2, 0.25) is 0 Å². The molecule has 2 aliphatic heterocycles. The van der Waals surface area contributed by atoms with Crippen molar-refractivity contribution in [2.75, 3.05) is 26.7 Å². The quantitative estimate of drug-likeness (QED) is 0.740. The zero-order valence-electron chi connectivity index (χ0n) is 9.63. The van der Waals surface area contributed by atoms with E-state index in [-0.39, 0.29) is 6.42 Å². The maximum absolute atomic E-state index is 12.1. The summed E-state index contributed by atoms with van der Waals surface area (Å²) in [5.41, 5.74) is 0. The minimum absolute atomic E-state index is 0.250. The molecule has 16 heavy (non-hydrogen) atoms. The van der Waals surface area contributed by atoms with Crippen LogP contribution in [0.4, 0.5) is 13.2 Å². The molecular formula is C11H19F3N2. The number of halogens is 3. The van der Waals surface area contributed by atoms with E-state index in [0.717, 1.165) is 25.9 Å². The number of alkyl halides is 3. The summed E-state index contributed by atoms with van der Waals surface area (Å²) < 4.78 is 36.2. The van der Waals surface area contributed by atoms with Crippen molar-refractivity contribution in [3.05, 3.63) is 0 Å². The van der Waals surface area contributed by atoms with E-state index in [1.54, 1.807) is 0 Å². The van der Waals surface area contributed by atoms with Crippen molar-refractivity contribution in [3.8, 4) is 0 Å².